The van der Waals surface area contributed by atoms with E-state index in [0.717, 1.165) is 22.6 Å². The van der Waals surface area contributed by atoms with Crippen molar-refractivity contribution in [1.29, 1.82) is 5.26 Å². The molecule has 0 atom stereocenters. The zero-order valence-electron chi connectivity index (χ0n) is 24.9. The molecule has 3 heteroatoms. The van der Waals surface area contributed by atoms with E-state index in [1.54, 1.807) is 0 Å². The predicted octanol–water partition coefficient (Wildman–Crippen LogP) is 8.96. The van der Waals surface area contributed by atoms with Gasteiger partial charge in [-0.25, -0.2) is 0 Å². The summed E-state index contributed by atoms with van der Waals surface area (Å²) in [6.45, 7) is 0.0243. The van der Waals surface area contributed by atoms with Crippen LogP contribution >= 0.6 is 0 Å². The zero-order valence-corrected chi connectivity index (χ0v) is 24.9. The Morgan fingerprint density at radius 3 is 2.04 bits per heavy atom. The van der Waals surface area contributed by atoms with Crippen LogP contribution in [0.25, 0.3) is 54.6 Å². The molecule has 10 rings (SSSR count). The van der Waals surface area contributed by atoms with Crippen molar-refractivity contribution >= 4 is 72.5 Å². The van der Waals surface area contributed by atoms with Gasteiger partial charge in [-0.2, -0.15) is 5.26 Å². The van der Waals surface area contributed by atoms with E-state index in [2.05, 4.69) is 163 Å². The van der Waals surface area contributed by atoms with Crippen molar-refractivity contribution < 1.29 is 0 Å². The van der Waals surface area contributed by atoms with Gasteiger partial charge in [-0.3, -0.25) is 0 Å². The summed E-state index contributed by atoms with van der Waals surface area (Å²) in [6.07, 6.45) is 0. The van der Waals surface area contributed by atoms with Gasteiger partial charge < -0.3 is 4.90 Å². The van der Waals surface area contributed by atoms with Gasteiger partial charge in [0.1, 0.15) is 0 Å². The highest BCUT2D eigenvalue weighted by Crippen LogP contribution is 2.44. The summed E-state index contributed by atoms with van der Waals surface area (Å²) in [5, 5.41) is 17.8. The van der Waals surface area contributed by atoms with Crippen molar-refractivity contribution in [3.05, 3.63) is 157 Å². The standard InChI is InChI=1S/C43H25BN2/c45-26-27-21-37-36-16-8-15-35-34(29-10-2-1-3-11-29)19-20-38(42(35)36)44-39-24-31-13-6-7-14-32(31)25-40(39)46(41(22-27)43(37)44)33-18-17-28-9-4-5-12-30(28)23-33/h1-25H. The van der Waals surface area contributed by atoms with Crippen LogP contribution in [-0.2, 0) is 0 Å². The molecule has 0 fully saturated rings. The number of anilines is 3. The van der Waals surface area contributed by atoms with Gasteiger partial charge in [0.25, 0.3) is 0 Å². The van der Waals surface area contributed by atoms with Crippen molar-refractivity contribution in [3.63, 3.8) is 0 Å². The SMILES string of the molecule is N#Cc1cc2c3c(c1)N(c1ccc4ccccc4c1)c1cc4ccccc4cc1B3c1ccc(-c3ccccc3)c3cccc-2c13. The highest BCUT2D eigenvalue weighted by Gasteiger charge is 2.41. The molecule has 2 aliphatic heterocycles. The lowest BCUT2D eigenvalue weighted by Crippen LogP contribution is -2.59. The maximum atomic E-state index is 10.4. The third kappa shape index (κ3) is 3.47. The Hall–Kier alpha value is -6.11. The third-order valence-corrected chi connectivity index (χ3v) is 10.0. The van der Waals surface area contributed by atoms with Gasteiger partial charge >= 0.3 is 0 Å². The highest BCUT2D eigenvalue weighted by molar-refractivity contribution is 7.01. The summed E-state index contributed by atoms with van der Waals surface area (Å²) in [6, 6.07) is 57.4. The number of nitrogens with zero attached hydrogens (tertiary/aromatic N) is 2. The van der Waals surface area contributed by atoms with Gasteiger partial charge in [0.2, 0.25) is 6.71 Å². The molecule has 0 saturated heterocycles. The molecule has 8 aromatic carbocycles. The fraction of sp³-hybridized carbons (Fsp3) is 0. The van der Waals surface area contributed by atoms with E-state index in [-0.39, 0.29) is 6.71 Å². The first-order valence-electron chi connectivity index (χ1n) is 15.8. The average molecular weight is 580 g/mol. The lowest BCUT2D eigenvalue weighted by Gasteiger charge is -2.41. The Balaban J connectivity index is 1.35. The van der Waals surface area contributed by atoms with Gasteiger partial charge in [-0.05, 0) is 95.8 Å². The number of rotatable bonds is 2. The van der Waals surface area contributed by atoms with Crippen molar-refractivity contribution in [2.75, 3.05) is 4.90 Å². The van der Waals surface area contributed by atoms with Crippen molar-refractivity contribution in [1.82, 2.24) is 0 Å². The monoisotopic (exact) mass is 580 g/mol. The summed E-state index contributed by atoms with van der Waals surface area (Å²) in [4.78, 5) is 2.40. The first-order chi connectivity index (χ1) is 22.8. The molecule has 2 heterocycles. The lowest BCUT2D eigenvalue weighted by molar-refractivity contribution is 1.30. The van der Waals surface area contributed by atoms with Crippen LogP contribution in [0.3, 0.4) is 0 Å². The van der Waals surface area contributed by atoms with E-state index < -0.39 is 0 Å². The maximum Gasteiger partial charge on any atom is 0.248 e. The van der Waals surface area contributed by atoms with Gasteiger partial charge in [0.05, 0.1) is 11.6 Å². The highest BCUT2D eigenvalue weighted by atomic mass is 15.2. The van der Waals surface area contributed by atoms with Crippen molar-refractivity contribution in [2.24, 2.45) is 0 Å². The minimum Gasteiger partial charge on any atom is -0.311 e. The van der Waals surface area contributed by atoms with Crippen LogP contribution in [0, 0.1) is 11.3 Å². The quantitative estimate of drug-likeness (QED) is 0.191. The molecule has 2 nitrogen and oxygen atoms in total. The van der Waals surface area contributed by atoms with E-state index in [1.807, 2.05) is 0 Å². The molecule has 0 amide bonds. The second kappa shape index (κ2) is 9.45. The van der Waals surface area contributed by atoms with Crippen LogP contribution in [0.2, 0.25) is 0 Å². The number of fused-ring (bicyclic) bond motifs is 6. The molecule has 46 heavy (non-hydrogen) atoms. The molecule has 0 aliphatic carbocycles. The second-order valence-corrected chi connectivity index (χ2v) is 12.4. The molecular weight excluding hydrogens is 555 g/mol. The smallest absolute Gasteiger partial charge is 0.248 e. The molecule has 0 unspecified atom stereocenters. The van der Waals surface area contributed by atoms with Crippen molar-refractivity contribution in [3.8, 4) is 28.3 Å². The molecule has 0 spiro atoms. The van der Waals surface area contributed by atoms with Crippen LogP contribution in [0.5, 0.6) is 0 Å². The molecule has 0 N–H and O–H groups in total. The Bertz CT molecular complexity index is 2610. The number of nitriles is 1. The summed E-state index contributed by atoms with van der Waals surface area (Å²) in [5.74, 6) is 0. The van der Waals surface area contributed by atoms with E-state index in [0.29, 0.717) is 5.56 Å². The molecule has 2 aliphatic rings. The Morgan fingerprint density at radius 1 is 0.500 bits per heavy atom. The maximum absolute atomic E-state index is 10.4. The summed E-state index contributed by atoms with van der Waals surface area (Å²) in [7, 11) is 0. The second-order valence-electron chi connectivity index (χ2n) is 12.4. The largest absolute Gasteiger partial charge is 0.311 e. The minimum absolute atomic E-state index is 0.0243. The third-order valence-electron chi connectivity index (χ3n) is 10.0. The van der Waals surface area contributed by atoms with Gasteiger partial charge in [-0.1, -0.05) is 127 Å². The molecule has 0 radical (unpaired) electrons. The van der Waals surface area contributed by atoms with E-state index in [9.17, 15) is 5.26 Å². The molecule has 210 valence electrons. The zero-order chi connectivity index (χ0) is 30.4. The number of hydrogen-bond donors (Lipinski definition) is 0. The normalized spacial score (nSPS) is 12.7. The first-order valence-corrected chi connectivity index (χ1v) is 15.8. The number of benzene rings is 8. The van der Waals surface area contributed by atoms with Crippen LogP contribution in [0.1, 0.15) is 5.56 Å². The fourth-order valence-electron chi connectivity index (χ4n) is 8.06. The Morgan fingerprint density at radius 2 is 1.24 bits per heavy atom. The van der Waals surface area contributed by atoms with E-state index in [1.165, 1.54) is 65.4 Å². The predicted molar refractivity (Wildman–Crippen MR) is 194 cm³/mol. The average Bonchev–Trinajstić information content (AvgIpc) is 3.12. The molecule has 8 aromatic rings. The summed E-state index contributed by atoms with van der Waals surface area (Å²) in [5.41, 5.74) is 12.6. The van der Waals surface area contributed by atoms with Crippen LogP contribution in [0.15, 0.2) is 152 Å². The van der Waals surface area contributed by atoms with Gasteiger partial charge in [0.15, 0.2) is 0 Å². The first kappa shape index (κ1) is 25.2. The van der Waals surface area contributed by atoms with Gasteiger partial charge in [-0.15, -0.1) is 0 Å². The molecular formula is C43H25BN2. The van der Waals surface area contributed by atoms with Crippen molar-refractivity contribution in [2.45, 2.75) is 0 Å². The van der Waals surface area contributed by atoms with E-state index >= 15 is 0 Å². The molecule has 0 bridgehead atoms. The lowest BCUT2D eigenvalue weighted by atomic mass is 9.32. The Kier molecular flexibility index (Phi) is 5.18. The minimum atomic E-state index is 0.0243. The van der Waals surface area contributed by atoms with Gasteiger partial charge in [0, 0.05) is 17.1 Å². The summed E-state index contributed by atoms with van der Waals surface area (Å²) >= 11 is 0. The summed E-state index contributed by atoms with van der Waals surface area (Å²) < 4.78 is 0. The number of hydrogen-bond acceptors (Lipinski definition) is 2. The van der Waals surface area contributed by atoms with Crippen LogP contribution in [0.4, 0.5) is 17.1 Å². The van der Waals surface area contributed by atoms with Crippen LogP contribution in [-0.4, -0.2) is 6.71 Å². The molecule has 0 saturated carbocycles. The molecule has 0 aromatic heterocycles. The topological polar surface area (TPSA) is 27.0 Å². The fourth-order valence-corrected chi connectivity index (χ4v) is 8.06. The van der Waals surface area contributed by atoms with E-state index in [4.69, 9.17) is 0 Å². The Labute approximate surface area is 267 Å². The van der Waals surface area contributed by atoms with Crippen LogP contribution < -0.4 is 21.3 Å².